The number of amides is 1. The van der Waals surface area contributed by atoms with Crippen LogP contribution in [0.25, 0.3) is 0 Å². The summed E-state index contributed by atoms with van der Waals surface area (Å²) in [6, 6.07) is 9.98. The average Bonchev–Trinajstić information content (AvgIpc) is 2.45. The number of halogens is 1. The third-order valence-electron chi connectivity index (χ3n) is 3.66. The van der Waals surface area contributed by atoms with Crippen molar-refractivity contribution < 1.29 is 4.79 Å². The molecule has 0 saturated carbocycles. The Morgan fingerprint density at radius 3 is 2.50 bits per heavy atom. The molecule has 0 radical (unpaired) electrons. The van der Waals surface area contributed by atoms with E-state index in [4.69, 9.17) is 11.6 Å². The molecule has 20 heavy (non-hydrogen) atoms. The second kappa shape index (κ2) is 8.31. The zero-order chi connectivity index (χ0) is 15.0. The number of benzene rings is 1. The summed E-state index contributed by atoms with van der Waals surface area (Å²) in [5.74, 6) is 0.747. The van der Waals surface area contributed by atoms with E-state index < -0.39 is 0 Å². The van der Waals surface area contributed by atoms with E-state index in [9.17, 15) is 4.79 Å². The fraction of sp³-hybridized carbons (Fsp3) is 0.588. The molecule has 1 rings (SSSR count). The summed E-state index contributed by atoms with van der Waals surface area (Å²) in [7, 11) is 0. The van der Waals surface area contributed by atoms with Crippen molar-refractivity contribution >= 4 is 17.5 Å². The molecule has 0 fully saturated rings. The molecule has 1 aromatic rings. The topological polar surface area (TPSA) is 29.1 Å². The van der Waals surface area contributed by atoms with Crippen molar-refractivity contribution in [2.75, 3.05) is 12.4 Å². The van der Waals surface area contributed by atoms with Crippen LogP contribution in [0.15, 0.2) is 30.3 Å². The summed E-state index contributed by atoms with van der Waals surface area (Å²) in [5, 5.41) is 3.10. The first kappa shape index (κ1) is 17.0. The van der Waals surface area contributed by atoms with Crippen LogP contribution in [0.3, 0.4) is 0 Å². The molecule has 3 heteroatoms. The van der Waals surface area contributed by atoms with Crippen molar-refractivity contribution in [1.82, 2.24) is 5.32 Å². The number of hydrogen-bond donors (Lipinski definition) is 1. The van der Waals surface area contributed by atoms with Gasteiger partial charge in [-0.1, -0.05) is 51.1 Å². The second-order valence-corrected chi connectivity index (χ2v) is 6.42. The summed E-state index contributed by atoms with van der Waals surface area (Å²) < 4.78 is 0. The van der Waals surface area contributed by atoms with E-state index in [1.54, 1.807) is 0 Å². The predicted molar refractivity (Wildman–Crippen MR) is 86.2 cm³/mol. The average molecular weight is 296 g/mol. The van der Waals surface area contributed by atoms with Crippen molar-refractivity contribution in [3.8, 4) is 0 Å². The second-order valence-electron chi connectivity index (χ2n) is 6.05. The van der Waals surface area contributed by atoms with Crippen LogP contribution in [0.2, 0.25) is 0 Å². The molecule has 1 unspecified atom stereocenters. The molecule has 1 amide bonds. The molecule has 0 aromatic heterocycles. The molecule has 112 valence electrons. The molecule has 0 saturated heterocycles. The van der Waals surface area contributed by atoms with E-state index in [1.807, 2.05) is 30.3 Å². The minimum Gasteiger partial charge on any atom is -0.355 e. The van der Waals surface area contributed by atoms with Crippen molar-refractivity contribution in [1.29, 1.82) is 0 Å². The van der Waals surface area contributed by atoms with E-state index in [-0.39, 0.29) is 17.2 Å². The zero-order valence-electron chi connectivity index (χ0n) is 12.8. The molecule has 0 bridgehead atoms. The number of hydrogen-bond acceptors (Lipinski definition) is 1. The maximum Gasteiger partial charge on any atom is 0.227 e. The largest absolute Gasteiger partial charge is 0.355 e. The third kappa shape index (κ3) is 5.54. The van der Waals surface area contributed by atoms with Crippen LogP contribution in [0, 0.1) is 5.41 Å². The van der Waals surface area contributed by atoms with E-state index in [2.05, 4.69) is 26.1 Å². The predicted octanol–water partition coefficient (Wildman–Crippen LogP) is 4.34. The van der Waals surface area contributed by atoms with Gasteiger partial charge in [-0.3, -0.25) is 4.79 Å². The van der Waals surface area contributed by atoms with Crippen LogP contribution >= 0.6 is 11.6 Å². The molecule has 0 spiro atoms. The highest BCUT2D eigenvalue weighted by molar-refractivity contribution is 6.17. The Kier molecular flexibility index (Phi) is 7.08. The van der Waals surface area contributed by atoms with Gasteiger partial charge in [0.15, 0.2) is 0 Å². The third-order valence-corrected chi connectivity index (χ3v) is 3.92. The van der Waals surface area contributed by atoms with Gasteiger partial charge in [-0.2, -0.15) is 0 Å². The normalized spacial score (nSPS) is 13.0. The molecular formula is C17H26ClNO. The first-order valence-corrected chi connectivity index (χ1v) is 7.92. The quantitative estimate of drug-likeness (QED) is 0.710. The summed E-state index contributed by atoms with van der Waals surface area (Å²) in [5.41, 5.74) is 1.19. The number of nitrogens with one attached hydrogen (secondary N) is 1. The van der Waals surface area contributed by atoms with E-state index >= 15 is 0 Å². The number of alkyl halides is 1. The highest BCUT2D eigenvalue weighted by atomic mass is 35.5. The van der Waals surface area contributed by atoms with Gasteiger partial charge in [0.2, 0.25) is 5.91 Å². The number of carbonyl (C=O) groups excluding carboxylic acids is 1. The maximum atomic E-state index is 12.4. The van der Waals surface area contributed by atoms with E-state index in [0.717, 1.165) is 24.8 Å². The van der Waals surface area contributed by atoms with Crippen molar-refractivity contribution in [2.24, 2.45) is 5.41 Å². The summed E-state index contributed by atoms with van der Waals surface area (Å²) in [6.07, 6.45) is 2.83. The first-order valence-electron chi connectivity index (χ1n) is 7.39. The molecule has 0 aliphatic carbocycles. The smallest absolute Gasteiger partial charge is 0.227 e. The van der Waals surface area contributed by atoms with Crippen LogP contribution in [0.1, 0.15) is 51.5 Å². The van der Waals surface area contributed by atoms with Gasteiger partial charge in [0, 0.05) is 12.4 Å². The van der Waals surface area contributed by atoms with Gasteiger partial charge >= 0.3 is 0 Å². The molecule has 0 heterocycles. The van der Waals surface area contributed by atoms with E-state index in [1.165, 1.54) is 0 Å². The maximum absolute atomic E-state index is 12.4. The highest BCUT2D eigenvalue weighted by Crippen LogP contribution is 2.23. The lowest BCUT2D eigenvalue weighted by atomic mass is 9.87. The molecule has 1 N–H and O–H groups in total. The van der Waals surface area contributed by atoms with Crippen LogP contribution in [0.5, 0.6) is 0 Å². The Balaban J connectivity index is 2.56. The van der Waals surface area contributed by atoms with Crippen molar-refractivity contribution in [2.45, 2.75) is 46.0 Å². The molecular weight excluding hydrogens is 270 g/mol. The van der Waals surface area contributed by atoms with Gasteiger partial charge < -0.3 is 5.32 Å². The summed E-state index contributed by atoms with van der Waals surface area (Å²) >= 11 is 5.74. The van der Waals surface area contributed by atoms with Crippen LogP contribution in [0.4, 0.5) is 0 Å². The van der Waals surface area contributed by atoms with Gasteiger partial charge in [0.25, 0.3) is 0 Å². The lowest BCUT2D eigenvalue weighted by Crippen LogP contribution is -2.36. The summed E-state index contributed by atoms with van der Waals surface area (Å²) in [4.78, 5) is 12.4. The Labute approximate surface area is 127 Å². The lowest BCUT2D eigenvalue weighted by Gasteiger charge is -2.26. The molecule has 1 aromatic carbocycles. The van der Waals surface area contributed by atoms with Gasteiger partial charge in [-0.05, 0) is 30.2 Å². The number of rotatable bonds is 8. The van der Waals surface area contributed by atoms with Gasteiger partial charge in [-0.15, -0.1) is 11.6 Å². The highest BCUT2D eigenvalue weighted by Gasteiger charge is 2.22. The fourth-order valence-electron chi connectivity index (χ4n) is 2.34. The SMILES string of the molecule is CCC(C(=O)NCC(C)(C)CCCCl)c1ccccc1. The lowest BCUT2D eigenvalue weighted by molar-refractivity contribution is -0.123. The molecule has 0 aliphatic heterocycles. The molecule has 2 nitrogen and oxygen atoms in total. The Morgan fingerprint density at radius 2 is 1.95 bits per heavy atom. The van der Waals surface area contributed by atoms with E-state index in [0.29, 0.717) is 12.4 Å². The Morgan fingerprint density at radius 1 is 1.30 bits per heavy atom. The van der Waals surface area contributed by atoms with Crippen molar-refractivity contribution in [3.63, 3.8) is 0 Å². The van der Waals surface area contributed by atoms with Crippen LogP contribution < -0.4 is 5.32 Å². The summed E-state index contributed by atoms with van der Waals surface area (Å²) in [6.45, 7) is 7.09. The Hall–Kier alpha value is -1.02. The zero-order valence-corrected chi connectivity index (χ0v) is 13.5. The minimum absolute atomic E-state index is 0.0555. The van der Waals surface area contributed by atoms with Crippen LogP contribution in [-0.2, 0) is 4.79 Å². The fourth-order valence-corrected chi connectivity index (χ4v) is 2.47. The molecule has 1 atom stereocenters. The number of carbonyl (C=O) groups is 1. The van der Waals surface area contributed by atoms with Gasteiger partial charge in [0.05, 0.1) is 5.92 Å². The minimum atomic E-state index is -0.0555. The van der Waals surface area contributed by atoms with Crippen LogP contribution in [-0.4, -0.2) is 18.3 Å². The Bertz CT molecular complexity index is 403. The monoisotopic (exact) mass is 295 g/mol. The van der Waals surface area contributed by atoms with Gasteiger partial charge in [0.1, 0.15) is 0 Å². The van der Waals surface area contributed by atoms with Gasteiger partial charge in [-0.25, -0.2) is 0 Å². The van der Waals surface area contributed by atoms with Crippen molar-refractivity contribution in [3.05, 3.63) is 35.9 Å². The first-order chi connectivity index (χ1) is 9.50. The standard InChI is InChI=1S/C17H26ClNO/c1-4-15(14-9-6-5-7-10-14)16(20)19-13-17(2,3)11-8-12-18/h5-7,9-10,15H,4,8,11-13H2,1-3H3,(H,19,20). The molecule has 0 aliphatic rings.